The Hall–Kier alpha value is -3.50. The van der Waals surface area contributed by atoms with Gasteiger partial charge in [0.1, 0.15) is 6.61 Å². The van der Waals surface area contributed by atoms with Crippen molar-refractivity contribution in [2.24, 2.45) is 0 Å². The van der Waals surface area contributed by atoms with Crippen LogP contribution in [-0.2, 0) is 28.3 Å². The molecule has 138 valence electrons. The van der Waals surface area contributed by atoms with Crippen LogP contribution in [0.25, 0.3) is 22.3 Å². The molecule has 0 fully saturated rings. The molecule has 2 aromatic heterocycles. The van der Waals surface area contributed by atoms with Crippen molar-refractivity contribution in [3.63, 3.8) is 0 Å². The van der Waals surface area contributed by atoms with E-state index in [0.29, 0.717) is 40.1 Å². The molecule has 0 unspecified atom stereocenters. The van der Waals surface area contributed by atoms with Gasteiger partial charge in [0.15, 0.2) is 5.60 Å². The summed E-state index contributed by atoms with van der Waals surface area (Å²) in [6, 6.07) is 11.0. The van der Waals surface area contributed by atoms with Gasteiger partial charge in [-0.3, -0.25) is 4.79 Å². The van der Waals surface area contributed by atoms with Crippen molar-refractivity contribution in [3.05, 3.63) is 62.9 Å². The van der Waals surface area contributed by atoms with Crippen LogP contribution in [0.2, 0.25) is 0 Å². The molecule has 0 amide bonds. The first kappa shape index (κ1) is 16.7. The maximum Gasteiger partial charge on any atom is 0.343 e. The standard InChI is InChI=1S/C21H15N3O4/c1-2-21(27)15-7-17-18-13(6-12-4-3-11(8-22)5-16(12)23-18)9-24(17)19(25)14(15)10-28-20(21)26/h3-7,27H,2,9-10H2,1H3/t21-/m0/s1. The van der Waals surface area contributed by atoms with E-state index in [1.807, 2.05) is 12.1 Å². The normalized spacial score (nSPS) is 19.5. The van der Waals surface area contributed by atoms with Gasteiger partial charge in [0.05, 0.1) is 40.6 Å². The number of hydrogen-bond donors (Lipinski definition) is 1. The summed E-state index contributed by atoms with van der Waals surface area (Å²) in [7, 11) is 0. The molecule has 1 aromatic carbocycles. The van der Waals surface area contributed by atoms with E-state index >= 15 is 0 Å². The van der Waals surface area contributed by atoms with E-state index in [-0.39, 0.29) is 18.6 Å². The molecule has 0 saturated carbocycles. The van der Waals surface area contributed by atoms with Crippen LogP contribution < -0.4 is 5.56 Å². The van der Waals surface area contributed by atoms with Crippen molar-refractivity contribution < 1.29 is 14.6 Å². The number of carbonyl (C=O) groups is 1. The summed E-state index contributed by atoms with van der Waals surface area (Å²) in [4.78, 5) is 29.9. The molecule has 7 heteroatoms. The number of fused-ring (bicyclic) bond motifs is 5. The number of nitrogens with zero attached hydrogens (tertiary/aromatic N) is 3. The van der Waals surface area contributed by atoms with Gasteiger partial charge < -0.3 is 14.4 Å². The average Bonchev–Trinajstić information content (AvgIpc) is 3.07. The Bertz CT molecular complexity index is 1300. The summed E-state index contributed by atoms with van der Waals surface area (Å²) in [6.45, 7) is 1.88. The summed E-state index contributed by atoms with van der Waals surface area (Å²) < 4.78 is 6.66. The van der Waals surface area contributed by atoms with Gasteiger partial charge in [-0.1, -0.05) is 13.0 Å². The molecular formula is C21H15N3O4. The van der Waals surface area contributed by atoms with Crippen LogP contribution in [0, 0.1) is 11.3 Å². The Morgan fingerprint density at radius 1 is 1.32 bits per heavy atom. The number of ether oxygens (including phenoxy) is 1. The number of benzene rings is 1. The zero-order chi connectivity index (χ0) is 19.6. The third kappa shape index (κ3) is 2.03. The highest BCUT2D eigenvalue weighted by molar-refractivity contribution is 5.86. The van der Waals surface area contributed by atoms with Crippen molar-refractivity contribution in [2.45, 2.75) is 32.1 Å². The van der Waals surface area contributed by atoms with E-state index in [9.17, 15) is 14.7 Å². The minimum Gasteiger partial charge on any atom is -0.458 e. The molecule has 2 aliphatic rings. The number of rotatable bonds is 1. The molecule has 28 heavy (non-hydrogen) atoms. The van der Waals surface area contributed by atoms with Crippen molar-refractivity contribution >= 4 is 16.9 Å². The zero-order valence-corrected chi connectivity index (χ0v) is 15.0. The molecule has 0 spiro atoms. The van der Waals surface area contributed by atoms with E-state index in [0.717, 1.165) is 10.9 Å². The predicted molar refractivity (Wildman–Crippen MR) is 99.2 cm³/mol. The first-order valence-electron chi connectivity index (χ1n) is 8.97. The van der Waals surface area contributed by atoms with E-state index in [2.05, 4.69) is 11.1 Å². The number of esters is 1. The molecule has 1 N–H and O–H groups in total. The highest BCUT2D eigenvalue weighted by Crippen LogP contribution is 2.38. The Balaban J connectivity index is 1.79. The lowest BCUT2D eigenvalue weighted by atomic mass is 9.86. The second kappa shape index (κ2) is 5.50. The van der Waals surface area contributed by atoms with Gasteiger partial charge in [0.25, 0.3) is 5.56 Å². The zero-order valence-electron chi connectivity index (χ0n) is 15.0. The highest BCUT2D eigenvalue weighted by Gasteiger charge is 2.45. The average molecular weight is 373 g/mol. The number of carbonyl (C=O) groups excluding carboxylic acids is 1. The number of pyridine rings is 2. The molecule has 0 aliphatic carbocycles. The maximum absolute atomic E-state index is 13.1. The number of cyclic esters (lactones) is 1. The predicted octanol–water partition coefficient (Wildman–Crippen LogP) is 1.95. The summed E-state index contributed by atoms with van der Waals surface area (Å²) in [5.74, 6) is -0.741. The van der Waals surface area contributed by atoms with Gasteiger partial charge in [0, 0.05) is 16.5 Å². The van der Waals surface area contributed by atoms with Gasteiger partial charge in [-0.2, -0.15) is 5.26 Å². The first-order chi connectivity index (χ1) is 13.5. The van der Waals surface area contributed by atoms with Gasteiger partial charge in [-0.05, 0) is 30.7 Å². The van der Waals surface area contributed by atoms with Crippen molar-refractivity contribution in [2.75, 3.05) is 0 Å². The fourth-order valence-corrected chi connectivity index (χ4v) is 4.05. The van der Waals surface area contributed by atoms with Crippen LogP contribution in [0.4, 0.5) is 0 Å². The quantitative estimate of drug-likeness (QED) is 0.511. The second-order valence-electron chi connectivity index (χ2n) is 7.12. The van der Waals surface area contributed by atoms with Gasteiger partial charge in [-0.15, -0.1) is 0 Å². The van der Waals surface area contributed by atoms with Crippen molar-refractivity contribution in [3.8, 4) is 17.5 Å². The van der Waals surface area contributed by atoms with Crippen LogP contribution >= 0.6 is 0 Å². The van der Waals surface area contributed by atoms with Crippen LogP contribution in [0.3, 0.4) is 0 Å². The molecule has 1 atom stereocenters. The van der Waals surface area contributed by atoms with E-state index in [1.165, 1.54) is 0 Å². The molecule has 2 aliphatic heterocycles. The van der Waals surface area contributed by atoms with E-state index in [1.54, 1.807) is 29.7 Å². The largest absolute Gasteiger partial charge is 0.458 e. The minimum atomic E-state index is -1.84. The molecular weight excluding hydrogens is 358 g/mol. The van der Waals surface area contributed by atoms with Crippen LogP contribution in [0.15, 0.2) is 35.1 Å². The number of hydrogen-bond acceptors (Lipinski definition) is 6. The third-order valence-electron chi connectivity index (χ3n) is 5.64. The lowest BCUT2D eigenvalue weighted by molar-refractivity contribution is -0.172. The molecule has 0 bridgehead atoms. The smallest absolute Gasteiger partial charge is 0.343 e. The van der Waals surface area contributed by atoms with Crippen LogP contribution in [0.5, 0.6) is 0 Å². The van der Waals surface area contributed by atoms with Crippen molar-refractivity contribution in [1.29, 1.82) is 5.26 Å². The SMILES string of the molecule is CC[C@@]1(O)C(=O)OCc2c1cc1n(c2=O)Cc2cc3ccc(C#N)cc3nc2-1. The Morgan fingerprint density at radius 3 is 2.89 bits per heavy atom. The molecule has 4 heterocycles. The monoisotopic (exact) mass is 373 g/mol. The molecule has 3 aromatic rings. The van der Waals surface area contributed by atoms with Gasteiger partial charge >= 0.3 is 5.97 Å². The molecule has 0 radical (unpaired) electrons. The summed E-state index contributed by atoms with van der Waals surface area (Å²) in [6.07, 6.45) is 0.102. The molecule has 5 rings (SSSR count). The Kier molecular flexibility index (Phi) is 3.27. The van der Waals surface area contributed by atoms with Crippen molar-refractivity contribution in [1.82, 2.24) is 9.55 Å². The topological polar surface area (TPSA) is 105 Å². The summed E-state index contributed by atoms with van der Waals surface area (Å²) >= 11 is 0. The summed E-state index contributed by atoms with van der Waals surface area (Å²) in [5, 5.41) is 20.9. The fraction of sp³-hybridized carbons (Fsp3) is 0.238. The van der Waals surface area contributed by atoms with E-state index < -0.39 is 11.6 Å². The number of nitriles is 1. The molecule has 0 saturated heterocycles. The minimum absolute atomic E-state index is 0.102. The number of aromatic nitrogens is 2. The fourth-order valence-electron chi connectivity index (χ4n) is 4.05. The van der Waals surface area contributed by atoms with Crippen LogP contribution in [-0.4, -0.2) is 20.6 Å². The molecule has 7 nitrogen and oxygen atoms in total. The first-order valence-corrected chi connectivity index (χ1v) is 8.97. The Morgan fingerprint density at radius 2 is 2.14 bits per heavy atom. The second-order valence-corrected chi connectivity index (χ2v) is 7.12. The third-order valence-corrected chi connectivity index (χ3v) is 5.64. The lowest BCUT2D eigenvalue weighted by Gasteiger charge is -2.31. The Labute approximate surface area is 159 Å². The maximum atomic E-state index is 13.1. The van der Waals surface area contributed by atoms with Gasteiger partial charge in [0.2, 0.25) is 0 Å². The van der Waals surface area contributed by atoms with E-state index in [4.69, 9.17) is 10.00 Å². The lowest BCUT2D eigenvalue weighted by Crippen LogP contribution is -2.44. The van der Waals surface area contributed by atoms with Gasteiger partial charge in [-0.25, -0.2) is 9.78 Å². The highest BCUT2D eigenvalue weighted by atomic mass is 16.6. The van der Waals surface area contributed by atoms with Crippen LogP contribution in [0.1, 0.15) is 35.6 Å². The number of aliphatic hydroxyl groups is 1. The summed E-state index contributed by atoms with van der Waals surface area (Å²) in [5.41, 5.74) is 1.70.